The van der Waals surface area contributed by atoms with Crippen LogP contribution in [-0.4, -0.2) is 23.0 Å². The Bertz CT molecular complexity index is 721. The molecule has 0 spiro atoms. The van der Waals surface area contributed by atoms with Crippen molar-refractivity contribution in [2.45, 2.75) is 38.2 Å². The van der Waals surface area contributed by atoms with Crippen molar-refractivity contribution in [3.63, 3.8) is 0 Å². The quantitative estimate of drug-likeness (QED) is 0.776. The van der Waals surface area contributed by atoms with Crippen LogP contribution in [-0.2, 0) is 4.79 Å². The topological polar surface area (TPSA) is 91.6 Å². The minimum Gasteiger partial charge on any atom is -0.472 e. The van der Waals surface area contributed by atoms with Crippen molar-refractivity contribution in [3.05, 3.63) is 48.4 Å². The second-order valence-corrected chi connectivity index (χ2v) is 6.38. The van der Waals surface area contributed by atoms with E-state index in [1.165, 1.54) is 18.9 Å². The van der Waals surface area contributed by atoms with Crippen molar-refractivity contribution in [2.24, 2.45) is 5.92 Å². The van der Waals surface area contributed by atoms with E-state index in [-0.39, 0.29) is 11.8 Å². The third-order valence-electron chi connectivity index (χ3n) is 4.54. The third kappa shape index (κ3) is 4.48. The Morgan fingerprint density at radius 1 is 1.08 bits per heavy atom. The fourth-order valence-electron chi connectivity index (χ4n) is 3.15. The lowest BCUT2D eigenvalue weighted by molar-refractivity contribution is -0.127. The lowest BCUT2D eigenvalue weighted by Gasteiger charge is -2.25. The molecule has 0 aliphatic heterocycles. The number of amides is 2. The van der Waals surface area contributed by atoms with Crippen LogP contribution in [0.25, 0.3) is 0 Å². The van der Waals surface area contributed by atoms with E-state index in [0.717, 1.165) is 25.7 Å². The maximum atomic E-state index is 12.3. The summed E-state index contributed by atoms with van der Waals surface area (Å²) in [6.45, 7) is 0. The van der Waals surface area contributed by atoms with Gasteiger partial charge in [-0.25, -0.2) is 0 Å². The van der Waals surface area contributed by atoms with E-state index in [2.05, 4.69) is 10.6 Å². The highest BCUT2D eigenvalue weighted by atomic mass is 16.3. The van der Waals surface area contributed by atoms with Gasteiger partial charge in [0.05, 0.1) is 11.8 Å². The minimum absolute atomic E-state index is 0.0257. The van der Waals surface area contributed by atoms with Gasteiger partial charge in [-0.05, 0) is 43.0 Å². The van der Waals surface area contributed by atoms with Gasteiger partial charge < -0.3 is 20.2 Å². The summed E-state index contributed by atoms with van der Waals surface area (Å²) < 4.78 is 4.89. The van der Waals surface area contributed by atoms with Gasteiger partial charge in [-0.1, -0.05) is 25.3 Å². The smallest absolute Gasteiger partial charge is 0.258 e. The number of anilines is 2. The highest BCUT2D eigenvalue weighted by Gasteiger charge is 2.27. The number of nitrogens with one attached hydrogen (secondary N) is 2. The predicted molar refractivity (Wildman–Crippen MR) is 94.3 cm³/mol. The fourth-order valence-corrected chi connectivity index (χ4v) is 3.15. The summed E-state index contributed by atoms with van der Waals surface area (Å²) in [7, 11) is 0. The molecule has 2 aromatic rings. The number of carbonyl (C=O) groups excluding carboxylic acids is 2. The zero-order valence-corrected chi connectivity index (χ0v) is 13.9. The van der Waals surface area contributed by atoms with Crippen LogP contribution in [0.2, 0.25) is 0 Å². The van der Waals surface area contributed by atoms with Gasteiger partial charge in [-0.15, -0.1) is 0 Å². The summed E-state index contributed by atoms with van der Waals surface area (Å²) in [5, 5.41) is 15.7. The monoisotopic (exact) mass is 342 g/mol. The van der Waals surface area contributed by atoms with Crippen LogP contribution in [0.5, 0.6) is 0 Å². The van der Waals surface area contributed by atoms with Crippen molar-refractivity contribution in [2.75, 3.05) is 10.6 Å². The average Bonchev–Trinajstić information content (AvgIpc) is 3.17. The van der Waals surface area contributed by atoms with E-state index in [0.29, 0.717) is 16.9 Å². The van der Waals surface area contributed by atoms with Crippen molar-refractivity contribution in [1.82, 2.24) is 0 Å². The minimum atomic E-state index is -0.996. The summed E-state index contributed by atoms with van der Waals surface area (Å²) in [4.78, 5) is 24.3. The van der Waals surface area contributed by atoms with E-state index in [1.54, 1.807) is 30.3 Å². The van der Waals surface area contributed by atoms with Crippen molar-refractivity contribution in [3.8, 4) is 0 Å². The average molecular weight is 342 g/mol. The van der Waals surface area contributed by atoms with E-state index in [1.807, 2.05) is 0 Å². The maximum Gasteiger partial charge on any atom is 0.258 e. The normalized spacial score (nSPS) is 16.2. The van der Waals surface area contributed by atoms with Crippen LogP contribution < -0.4 is 10.6 Å². The fraction of sp³-hybridized carbons (Fsp3) is 0.368. The lowest BCUT2D eigenvalue weighted by atomic mass is 9.85. The number of carbonyl (C=O) groups is 2. The molecule has 1 aliphatic carbocycles. The van der Waals surface area contributed by atoms with Crippen LogP contribution >= 0.6 is 0 Å². The molecule has 1 aromatic heterocycles. The van der Waals surface area contributed by atoms with Gasteiger partial charge in [0, 0.05) is 11.4 Å². The van der Waals surface area contributed by atoms with Gasteiger partial charge in [0.25, 0.3) is 11.8 Å². The van der Waals surface area contributed by atoms with E-state index >= 15 is 0 Å². The summed E-state index contributed by atoms with van der Waals surface area (Å²) in [5.41, 5.74) is 1.50. The standard InChI is InChI=1S/C19H22N2O4/c22-17(13-5-2-1-3-6-13)19(24)21-16-8-4-7-15(11-16)20-18(23)14-9-10-25-12-14/h4,7-13,17,22H,1-3,5-6H2,(H,20,23)(H,21,24)/t17-/m0/s1. The van der Waals surface area contributed by atoms with Crippen molar-refractivity contribution in [1.29, 1.82) is 0 Å². The van der Waals surface area contributed by atoms with Gasteiger partial charge in [0.1, 0.15) is 12.4 Å². The first-order chi connectivity index (χ1) is 12.1. The Labute approximate surface area is 146 Å². The van der Waals surface area contributed by atoms with Crippen LogP contribution in [0.4, 0.5) is 11.4 Å². The zero-order valence-electron chi connectivity index (χ0n) is 13.9. The molecule has 6 heteroatoms. The molecule has 1 fully saturated rings. The van der Waals surface area contributed by atoms with Crippen LogP contribution in [0, 0.1) is 5.92 Å². The molecule has 2 amide bonds. The lowest BCUT2D eigenvalue weighted by Crippen LogP contribution is -2.35. The molecule has 1 aromatic carbocycles. The molecule has 1 saturated carbocycles. The SMILES string of the molecule is O=C(Nc1cccc(NC(=O)[C@@H](O)C2CCCCC2)c1)c1ccoc1. The number of benzene rings is 1. The Hall–Kier alpha value is -2.60. The van der Waals surface area contributed by atoms with Gasteiger partial charge in [-0.3, -0.25) is 9.59 Å². The first-order valence-corrected chi connectivity index (χ1v) is 8.56. The van der Waals surface area contributed by atoms with Crippen LogP contribution in [0.3, 0.4) is 0 Å². The number of hydrogen-bond acceptors (Lipinski definition) is 4. The molecule has 25 heavy (non-hydrogen) atoms. The second kappa shape index (κ2) is 7.98. The second-order valence-electron chi connectivity index (χ2n) is 6.38. The first-order valence-electron chi connectivity index (χ1n) is 8.56. The van der Waals surface area contributed by atoms with E-state index < -0.39 is 12.0 Å². The zero-order chi connectivity index (χ0) is 17.6. The number of rotatable bonds is 5. The van der Waals surface area contributed by atoms with Gasteiger partial charge in [0.2, 0.25) is 0 Å². The molecular weight excluding hydrogens is 320 g/mol. The summed E-state index contributed by atoms with van der Waals surface area (Å²) in [5.74, 6) is -0.664. The van der Waals surface area contributed by atoms with Crippen LogP contribution in [0.1, 0.15) is 42.5 Å². The number of hydrogen-bond donors (Lipinski definition) is 3. The first kappa shape index (κ1) is 17.2. The molecular formula is C19H22N2O4. The van der Waals surface area contributed by atoms with Gasteiger partial charge in [0.15, 0.2) is 0 Å². The van der Waals surface area contributed by atoms with Gasteiger partial charge in [-0.2, -0.15) is 0 Å². The number of aliphatic hydroxyl groups is 1. The molecule has 3 N–H and O–H groups in total. The molecule has 1 atom stereocenters. The van der Waals surface area contributed by atoms with E-state index in [9.17, 15) is 14.7 Å². The summed E-state index contributed by atoms with van der Waals surface area (Å²) in [6, 6.07) is 8.41. The van der Waals surface area contributed by atoms with Gasteiger partial charge >= 0.3 is 0 Å². The largest absolute Gasteiger partial charge is 0.472 e. The van der Waals surface area contributed by atoms with Crippen LogP contribution in [0.15, 0.2) is 47.3 Å². The molecule has 0 saturated heterocycles. The van der Waals surface area contributed by atoms with Crippen molar-refractivity contribution >= 4 is 23.2 Å². The molecule has 0 unspecified atom stereocenters. The molecule has 3 rings (SSSR count). The molecule has 1 aliphatic rings. The Morgan fingerprint density at radius 2 is 1.80 bits per heavy atom. The molecule has 1 heterocycles. The maximum absolute atomic E-state index is 12.3. The Balaban J connectivity index is 1.61. The summed E-state index contributed by atoms with van der Waals surface area (Å²) >= 11 is 0. The molecule has 132 valence electrons. The Morgan fingerprint density at radius 3 is 2.48 bits per heavy atom. The molecule has 0 bridgehead atoms. The third-order valence-corrected chi connectivity index (χ3v) is 4.54. The highest BCUT2D eigenvalue weighted by molar-refractivity contribution is 6.04. The summed E-state index contributed by atoms with van der Waals surface area (Å²) in [6.07, 6.45) is 6.85. The molecule has 0 radical (unpaired) electrons. The number of furan rings is 1. The number of aliphatic hydroxyl groups excluding tert-OH is 1. The van der Waals surface area contributed by atoms with Crippen molar-refractivity contribution < 1.29 is 19.1 Å². The molecule has 6 nitrogen and oxygen atoms in total. The predicted octanol–water partition coefficient (Wildman–Crippen LogP) is 3.41. The van der Waals surface area contributed by atoms with E-state index in [4.69, 9.17) is 4.42 Å². The Kier molecular flexibility index (Phi) is 5.50. The highest BCUT2D eigenvalue weighted by Crippen LogP contribution is 2.27.